The lowest BCUT2D eigenvalue weighted by molar-refractivity contribution is 0.0616. The second kappa shape index (κ2) is 5.51. The molecule has 0 aromatic heterocycles. The molecule has 0 N–H and O–H groups in total. The maximum absolute atomic E-state index is 12.9. The Morgan fingerprint density at radius 2 is 1.46 bits per heavy atom. The predicted molar refractivity (Wildman–Crippen MR) is 101 cm³/mol. The summed E-state index contributed by atoms with van der Waals surface area (Å²) in [6, 6.07) is 14.7. The van der Waals surface area contributed by atoms with Crippen LogP contribution in [0, 0.1) is 0 Å². The number of rotatable bonds is 2. The molecule has 1 heterocycles. The Balaban J connectivity index is 1.65. The van der Waals surface area contributed by atoms with E-state index in [9.17, 15) is 9.59 Å². The van der Waals surface area contributed by atoms with Crippen molar-refractivity contribution in [3.8, 4) is 0 Å². The van der Waals surface area contributed by atoms with E-state index in [4.69, 9.17) is 11.6 Å². The van der Waals surface area contributed by atoms with E-state index < -0.39 is 11.8 Å². The molecular weight excluding hydrogens is 348 g/mol. The molecule has 5 heteroatoms. The number of aryl methyl sites for hydroxylation is 2. The van der Waals surface area contributed by atoms with Crippen molar-refractivity contribution in [2.24, 2.45) is 5.10 Å². The van der Waals surface area contributed by atoms with Crippen molar-refractivity contribution in [1.29, 1.82) is 0 Å². The van der Waals surface area contributed by atoms with Crippen LogP contribution in [0.15, 0.2) is 53.6 Å². The Hall–Kier alpha value is -2.98. The van der Waals surface area contributed by atoms with Gasteiger partial charge in [-0.05, 0) is 47.6 Å². The lowest BCUT2D eigenvalue weighted by atomic mass is 9.92. The molecule has 0 saturated heterocycles. The first-order valence-corrected chi connectivity index (χ1v) is 8.78. The molecule has 0 atom stereocenters. The Morgan fingerprint density at radius 1 is 0.846 bits per heavy atom. The standard InChI is InChI=1S/C21H13ClN2O2/c22-17-4-2-1-3-14(17)11-23-24-20(25)15-9-7-12-5-6-13-8-10-16(21(24)26)19(15)18(12)13/h1-4,7-11H,5-6H2/b23-11+. The van der Waals surface area contributed by atoms with Crippen LogP contribution in [0.4, 0.5) is 0 Å². The van der Waals surface area contributed by atoms with Gasteiger partial charge in [0.05, 0.1) is 17.3 Å². The Bertz CT molecular complexity index is 1090. The number of hydrazone groups is 1. The lowest BCUT2D eigenvalue weighted by Gasteiger charge is -2.23. The van der Waals surface area contributed by atoms with Crippen LogP contribution in [0.1, 0.15) is 37.4 Å². The third-order valence-electron chi connectivity index (χ3n) is 5.06. The lowest BCUT2D eigenvalue weighted by Crippen LogP contribution is -2.36. The highest BCUT2D eigenvalue weighted by Gasteiger charge is 2.35. The molecular formula is C21H13ClN2O2. The van der Waals surface area contributed by atoms with Gasteiger partial charge in [-0.25, -0.2) is 0 Å². The van der Waals surface area contributed by atoms with Crippen LogP contribution in [-0.4, -0.2) is 23.0 Å². The molecule has 3 aromatic carbocycles. The van der Waals surface area contributed by atoms with E-state index in [0.717, 1.165) is 28.6 Å². The molecule has 1 aliphatic heterocycles. The molecule has 0 saturated carbocycles. The van der Waals surface area contributed by atoms with Crippen LogP contribution in [0.5, 0.6) is 0 Å². The SMILES string of the molecule is O=C1c2ccc3c4c(ccc(c24)C(=O)N1/N=C/c1ccccc1Cl)CC3. The van der Waals surface area contributed by atoms with Crippen LogP contribution < -0.4 is 0 Å². The molecule has 0 bridgehead atoms. The van der Waals surface area contributed by atoms with Gasteiger partial charge in [0.25, 0.3) is 11.8 Å². The second-order valence-corrected chi connectivity index (χ2v) is 6.89. The van der Waals surface area contributed by atoms with Gasteiger partial charge in [0.2, 0.25) is 0 Å². The molecule has 2 aliphatic rings. The number of carbonyl (C=O) groups excluding carboxylic acids is 2. The first-order valence-electron chi connectivity index (χ1n) is 8.40. The fourth-order valence-electron chi connectivity index (χ4n) is 3.81. The van der Waals surface area contributed by atoms with E-state index in [1.807, 2.05) is 36.4 Å². The number of halogens is 1. The molecule has 1 aliphatic carbocycles. The van der Waals surface area contributed by atoms with Crippen LogP contribution in [0.25, 0.3) is 10.8 Å². The van der Waals surface area contributed by atoms with Crippen molar-refractivity contribution in [3.63, 3.8) is 0 Å². The van der Waals surface area contributed by atoms with Crippen LogP contribution in [-0.2, 0) is 12.8 Å². The van der Waals surface area contributed by atoms with Gasteiger partial charge in [-0.1, -0.05) is 41.9 Å². The predicted octanol–water partition coefficient (Wildman–Crippen LogP) is 4.22. The van der Waals surface area contributed by atoms with Gasteiger partial charge < -0.3 is 0 Å². The summed E-state index contributed by atoms with van der Waals surface area (Å²) in [6.07, 6.45) is 3.35. The Kier molecular flexibility index (Phi) is 3.24. The van der Waals surface area contributed by atoms with Gasteiger partial charge in [-0.15, -0.1) is 0 Å². The first-order chi connectivity index (χ1) is 12.6. The zero-order chi connectivity index (χ0) is 17.8. The van der Waals surface area contributed by atoms with Crippen molar-refractivity contribution >= 4 is 40.4 Å². The molecule has 126 valence electrons. The van der Waals surface area contributed by atoms with Gasteiger partial charge >= 0.3 is 0 Å². The minimum absolute atomic E-state index is 0.401. The highest BCUT2D eigenvalue weighted by molar-refractivity contribution is 6.33. The second-order valence-electron chi connectivity index (χ2n) is 6.48. The summed E-state index contributed by atoms with van der Waals surface area (Å²) in [6.45, 7) is 0. The summed E-state index contributed by atoms with van der Waals surface area (Å²) in [4.78, 5) is 25.8. The van der Waals surface area contributed by atoms with Gasteiger partial charge in [-0.2, -0.15) is 10.1 Å². The van der Waals surface area contributed by atoms with Gasteiger partial charge in [-0.3, -0.25) is 9.59 Å². The molecule has 5 rings (SSSR count). The zero-order valence-electron chi connectivity index (χ0n) is 13.7. The maximum Gasteiger partial charge on any atom is 0.282 e. The summed E-state index contributed by atoms with van der Waals surface area (Å²) in [5.41, 5.74) is 4.11. The fourth-order valence-corrected chi connectivity index (χ4v) is 3.99. The normalized spacial score (nSPS) is 15.5. The summed E-state index contributed by atoms with van der Waals surface area (Å²) in [7, 11) is 0. The topological polar surface area (TPSA) is 49.7 Å². The number of benzene rings is 3. The summed E-state index contributed by atoms with van der Waals surface area (Å²) in [5, 5.41) is 7.43. The third-order valence-corrected chi connectivity index (χ3v) is 5.40. The van der Waals surface area contributed by atoms with E-state index >= 15 is 0 Å². The molecule has 0 spiro atoms. The largest absolute Gasteiger partial charge is 0.282 e. The van der Waals surface area contributed by atoms with Crippen molar-refractivity contribution in [3.05, 3.63) is 81.4 Å². The smallest absolute Gasteiger partial charge is 0.267 e. The third kappa shape index (κ3) is 2.06. The van der Waals surface area contributed by atoms with E-state index in [2.05, 4.69) is 5.10 Å². The number of imide groups is 1. The molecule has 0 fully saturated rings. The minimum atomic E-state index is -0.401. The first kappa shape index (κ1) is 15.3. The number of carbonyl (C=O) groups is 2. The summed E-state index contributed by atoms with van der Waals surface area (Å²) < 4.78 is 0. The van der Waals surface area contributed by atoms with Gasteiger partial charge in [0.15, 0.2) is 0 Å². The maximum atomic E-state index is 12.9. The average Bonchev–Trinajstić information content (AvgIpc) is 3.08. The van der Waals surface area contributed by atoms with E-state index in [1.165, 1.54) is 17.3 Å². The Labute approximate surface area is 154 Å². The fraction of sp³-hybridized carbons (Fsp3) is 0.0952. The van der Waals surface area contributed by atoms with E-state index in [-0.39, 0.29) is 0 Å². The molecule has 4 nitrogen and oxygen atoms in total. The average molecular weight is 361 g/mol. The molecule has 2 amide bonds. The molecule has 26 heavy (non-hydrogen) atoms. The van der Waals surface area contributed by atoms with Crippen LogP contribution in [0.3, 0.4) is 0 Å². The van der Waals surface area contributed by atoms with Crippen molar-refractivity contribution in [1.82, 2.24) is 5.01 Å². The number of nitrogens with zero attached hydrogens (tertiary/aromatic N) is 2. The molecule has 0 unspecified atom stereocenters. The highest BCUT2D eigenvalue weighted by Crippen LogP contribution is 2.38. The number of hydrogen-bond donors (Lipinski definition) is 0. The van der Waals surface area contributed by atoms with Crippen LogP contribution in [0.2, 0.25) is 5.02 Å². The Morgan fingerprint density at radius 3 is 2.08 bits per heavy atom. The van der Waals surface area contributed by atoms with E-state index in [1.54, 1.807) is 12.1 Å². The molecule has 0 radical (unpaired) electrons. The monoisotopic (exact) mass is 360 g/mol. The number of hydrogen-bond acceptors (Lipinski definition) is 3. The molecule has 3 aromatic rings. The quantitative estimate of drug-likeness (QED) is 0.507. The van der Waals surface area contributed by atoms with Crippen LogP contribution >= 0.6 is 11.6 Å². The van der Waals surface area contributed by atoms with Crippen molar-refractivity contribution < 1.29 is 9.59 Å². The summed E-state index contributed by atoms with van der Waals surface area (Å²) >= 11 is 6.12. The number of amides is 2. The van der Waals surface area contributed by atoms with Crippen molar-refractivity contribution in [2.45, 2.75) is 12.8 Å². The summed E-state index contributed by atoms with van der Waals surface area (Å²) in [5.74, 6) is -0.803. The zero-order valence-corrected chi connectivity index (χ0v) is 14.5. The van der Waals surface area contributed by atoms with Gasteiger partial charge in [0.1, 0.15) is 0 Å². The van der Waals surface area contributed by atoms with Crippen molar-refractivity contribution in [2.75, 3.05) is 0 Å². The van der Waals surface area contributed by atoms with E-state index in [0.29, 0.717) is 21.7 Å². The highest BCUT2D eigenvalue weighted by atomic mass is 35.5. The van der Waals surface area contributed by atoms with Gasteiger partial charge in [0, 0.05) is 16.0 Å². The minimum Gasteiger partial charge on any atom is -0.267 e.